The van der Waals surface area contributed by atoms with Crippen LogP contribution in [0.25, 0.3) is 0 Å². The molecule has 1 aromatic rings. The zero-order valence-electron chi connectivity index (χ0n) is 13.2. The van der Waals surface area contributed by atoms with E-state index >= 15 is 0 Å². The second-order valence-electron chi connectivity index (χ2n) is 5.84. The van der Waals surface area contributed by atoms with Gasteiger partial charge in [-0.25, -0.2) is 0 Å². The molecule has 1 aromatic heterocycles. The van der Waals surface area contributed by atoms with Crippen molar-refractivity contribution in [3.05, 3.63) is 24.2 Å². The van der Waals surface area contributed by atoms with E-state index in [1.165, 1.54) is 19.3 Å². The van der Waals surface area contributed by atoms with Crippen molar-refractivity contribution in [2.24, 2.45) is 0 Å². The first-order valence-corrected chi connectivity index (χ1v) is 7.85. The lowest BCUT2D eigenvalue weighted by molar-refractivity contribution is -0.132. The molecule has 0 aromatic carbocycles. The normalized spacial score (nSPS) is 19.6. The minimum absolute atomic E-state index is 0.169. The quantitative estimate of drug-likeness (QED) is 0.831. The fourth-order valence-corrected chi connectivity index (χ4v) is 2.92. The van der Waals surface area contributed by atoms with Crippen LogP contribution in [0.1, 0.15) is 31.4 Å². The van der Waals surface area contributed by atoms with Crippen LogP contribution in [-0.4, -0.2) is 55.5 Å². The Bertz CT molecular complexity index is 419. The van der Waals surface area contributed by atoms with Crippen molar-refractivity contribution in [1.29, 1.82) is 0 Å². The van der Waals surface area contributed by atoms with E-state index in [1.807, 2.05) is 26.2 Å². The van der Waals surface area contributed by atoms with E-state index in [-0.39, 0.29) is 5.91 Å². The van der Waals surface area contributed by atoms with Gasteiger partial charge in [0.1, 0.15) is 5.76 Å². The monoisotopic (exact) mass is 293 g/mol. The average molecular weight is 293 g/mol. The molecule has 118 valence electrons. The number of amides is 1. The Hall–Kier alpha value is -1.33. The molecule has 1 amide bonds. The molecule has 1 aliphatic heterocycles. The Balaban J connectivity index is 1.84. The molecule has 0 radical (unpaired) electrons. The number of nitrogens with zero attached hydrogens (tertiary/aromatic N) is 2. The van der Waals surface area contributed by atoms with E-state index < -0.39 is 0 Å². The van der Waals surface area contributed by atoms with Gasteiger partial charge in [0.15, 0.2) is 0 Å². The first-order chi connectivity index (χ1) is 10.2. The highest BCUT2D eigenvalue weighted by atomic mass is 16.3. The molecule has 5 heteroatoms. The van der Waals surface area contributed by atoms with Crippen LogP contribution in [0, 0.1) is 0 Å². The molecule has 0 spiro atoms. The predicted molar refractivity (Wildman–Crippen MR) is 82.9 cm³/mol. The van der Waals surface area contributed by atoms with Gasteiger partial charge in [0.2, 0.25) is 5.91 Å². The summed E-state index contributed by atoms with van der Waals surface area (Å²) in [4.78, 5) is 16.5. The van der Waals surface area contributed by atoms with E-state index in [0.717, 1.165) is 25.3 Å². The van der Waals surface area contributed by atoms with Crippen LogP contribution in [0.4, 0.5) is 0 Å². The third-order valence-electron chi connectivity index (χ3n) is 4.21. The molecular weight excluding hydrogens is 266 g/mol. The Labute approximate surface area is 127 Å². The van der Waals surface area contributed by atoms with Gasteiger partial charge in [0.05, 0.1) is 19.4 Å². The zero-order chi connectivity index (χ0) is 15.1. The number of carbonyl (C=O) groups is 1. The number of carbonyl (C=O) groups excluding carboxylic acids is 1. The maximum absolute atomic E-state index is 12.4. The second kappa shape index (κ2) is 8.20. The van der Waals surface area contributed by atoms with Crippen molar-refractivity contribution >= 4 is 5.91 Å². The van der Waals surface area contributed by atoms with E-state index in [2.05, 4.69) is 10.2 Å². The molecule has 0 saturated carbocycles. The van der Waals surface area contributed by atoms with Gasteiger partial charge in [-0.2, -0.15) is 0 Å². The van der Waals surface area contributed by atoms with Crippen LogP contribution in [0.5, 0.6) is 0 Å². The van der Waals surface area contributed by atoms with E-state index in [9.17, 15) is 4.79 Å². The summed E-state index contributed by atoms with van der Waals surface area (Å²) in [6, 6.07) is 4.29. The average Bonchev–Trinajstić information content (AvgIpc) is 2.99. The lowest BCUT2D eigenvalue weighted by atomic mass is 9.99. The lowest BCUT2D eigenvalue weighted by Gasteiger charge is -2.36. The summed E-state index contributed by atoms with van der Waals surface area (Å²) < 4.78 is 5.30. The Morgan fingerprint density at radius 3 is 3.10 bits per heavy atom. The Kier molecular flexibility index (Phi) is 6.26. The van der Waals surface area contributed by atoms with Crippen LogP contribution in [-0.2, 0) is 11.3 Å². The molecule has 21 heavy (non-hydrogen) atoms. The number of piperidine rings is 1. The maximum Gasteiger partial charge on any atom is 0.236 e. The number of likely N-dealkylation sites (N-methyl/N-ethyl adjacent to an activating group) is 1. The second-order valence-corrected chi connectivity index (χ2v) is 5.84. The van der Waals surface area contributed by atoms with Crippen molar-refractivity contribution in [3.8, 4) is 0 Å². The molecule has 1 unspecified atom stereocenters. The van der Waals surface area contributed by atoms with Crippen LogP contribution in [0.2, 0.25) is 0 Å². The fourth-order valence-electron chi connectivity index (χ4n) is 2.92. The van der Waals surface area contributed by atoms with Gasteiger partial charge in [-0.1, -0.05) is 6.42 Å². The molecule has 0 aliphatic carbocycles. The zero-order valence-corrected chi connectivity index (χ0v) is 13.2. The minimum atomic E-state index is 0.169. The number of rotatable bonds is 7. The number of hydrogen-bond donors (Lipinski definition) is 1. The van der Waals surface area contributed by atoms with Gasteiger partial charge in [-0.15, -0.1) is 0 Å². The Morgan fingerprint density at radius 1 is 1.52 bits per heavy atom. The van der Waals surface area contributed by atoms with E-state index in [0.29, 0.717) is 19.1 Å². The maximum atomic E-state index is 12.4. The van der Waals surface area contributed by atoms with Gasteiger partial charge in [0, 0.05) is 13.1 Å². The highest BCUT2D eigenvalue weighted by molar-refractivity contribution is 5.78. The molecule has 2 heterocycles. The molecule has 1 atom stereocenters. The smallest absolute Gasteiger partial charge is 0.236 e. The van der Waals surface area contributed by atoms with Crippen molar-refractivity contribution in [2.45, 2.75) is 38.3 Å². The summed E-state index contributed by atoms with van der Waals surface area (Å²) in [5.41, 5.74) is 0. The highest BCUT2D eigenvalue weighted by Gasteiger charge is 2.25. The molecule has 1 aliphatic rings. The number of likely N-dealkylation sites (tertiary alicyclic amines) is 1. The van der Waals surface area contributed by atoms with Gasteiger partial charge in [0.25, 0.3) is 0 Å². The van der Waals surface area contributed by atoms with Crippen LogP contribution >= 0.6 is 0 Å². The van der Waals surface area contributed by atoms with Crippen molar-refractivity contribution < 1.29 is 9.21 Å². The lowest BCUT2D eigenvalue weighted by Crippen LogP contribution is -2.46. The van der Waals surface area contributed by atoms with E-state index in [4.69, 9.17) is 4.42 Å². The summed E-state index contributed by atoms with van der Waals surface area (Å²) in [5, 5.41) is 3.21. The SMILES string of the molecule is CNCCC1CCCCN1CC(=O)N(C)Cc1ccco1. The van der Waals surface area contributed by atoms with Gasteiger partial charge < -0.3 is 14.6 Å². The van der Waals surface area contributed by atoms with Crippen LogP contribution in [0.3, 0.4) is 0 Å². The topological polar surface area (TPSA) is 48.7 Å². The molecular formula is C16H27N3O2. The summed E-state index contributed by atoms with van der Waals surface area (Å²) in [6.07, 6.45) is 6.45. The highest BCUT2D eigenvalue weighted by Crippen LogP contribution is 2.19. The fraction of sp³-hybridized carbons (Fsp3) is 0.688. The molecule has 1 fully saturated rings. The third-order valence-corrected chi connectivity index (χ3v) is 4.21. The standard InChI is InChI=1S/C16H27N3O2/c1-17-9-8-14-6-3-4-10-19(14)13-16(20)18(2)12-15-7-5-11-21-15/h5,7,11,14,17H,3-4,6,8-10,12-13H2,1-2H3. The van der Waals surface area contributed by atoms with Gasteiger partial charge >= 0.3 is 0 Å². The summed E-state index contributed by atoms with van der Waals surface area (Å²) in [7, 11) is 3.83. The number of furan rings is 1. The van der Waals surface area contributed by atoms with Gasteiger partial charge in [-0.3, -0.25) is 9.69 Å². The van der Waals surface area contributed by atoms with Crippen molar-refractivity contribution in [2.75, 3.05) is 33.7 Å². The largest absolute Gasteiger partial charge is 0.467 e. The molecule has 1 N–H and O–H groups in total. The summed E-state index contributed by atoms with van der Waals surface area (Å²) in [6.45, 7) is 3.11. The van der Waals surface area contributed by atoms with Crippen molar-refractivity contribution in [1.82, 2.24) is 15.1 Å². The third kappa shape index (κ3) is 4.86. The first kappa shape index (κ1) is 16.0. The summed E-state index contributed by atoms with van der Waals surface area (Å²) >= 11 is 0. The number of hydrogen-bond acceptors (Lipinski definition) is 4. The van der Waals surface area contributed by atoms with Crippen LogP contribution in [0.15, 0.2) is 22.8 Å². The Morgan fingerprint density at radius 2 is 2.38 bits per heavy atom. The van der Waals surface area contributed by atoms with Crippen LogP contribution < -0.4 is 5.32 Å². The summed E-state index contributed by atoms with van der Waals surface area (Å²) in [5.74, 6) is 0.999. The molecule has 5 nitrogen and oxygen atoms in total. The van der Waals surface area contributed by atoms with Crippen molar-refractivity contribution in [3.63, 3.8) is 0 Å². The predicted octanol–water partition coefficient (Wildman–Crippen LogP) is 1.70. The molecule has 0 bridgehead atoms. The minimum Gasteiger partial charge on any atom is -0.467 e. The first-order valence-electron chi connectivity index (χ1n) is 7.85. The number of nitrogens with one attached hydrogen (secondary N) is 1. The van der Waals surface area contributed by atoms with Gasteiger partial charge in [-0.05, 0) is 51.5 Å². The molecule has 2 rings (SSSR count). The molecule has 1 saturated heterocycles. The van der Waals surface area contributed by atoms with E-state index in [1.54, 1.807) is 11.2 Å².